The van der Waals surface area contributed by atoms with E-state index in [-0.39, 0.29) is 12.3 Å². The molecular weight excluding hydrogens is 206 g/mol. The Morgan fingerprint density at radius 1 is 1.33 bits per heavy atom. The van der Waals surface area contributed by atoms with Crippen LogP contribution in [0.15, 0.2) is 0 Å². The highest BCUT2D eigenvalue weighted by molar-refractivity contribution is 6.67. The molecule has 0 spiro atoms. The van der Waals surface area contributed by atoms with Gasteiger partial charge in [-0.2, -0.15) is 0 Å². The molecule has 0 saturated carbocycles. The molecule has 0 aliphatic carbocycles. The van der Waals surface area contributed by atoms with Gasteiger partial charge in [0.2, 0.25) is 0 Å². The van der Waals surface area contributed by atoms with Crippen LogP contribution in [0.4, 0.5) is 0 Å². The first kappa shape index (κ1) is 10.1. The van der Waals surface area contributed by atoms with Crippen LogP contribution in [0.2, 0.25) is 0 Å². The summed E-state index contributed by atoms with van der Waals surface area (Å²) in [6, 6.07) is 0. The van der Waals surface area contributed by atoms with Gasteiger partial charge in [0, 0.05) is 12.3 Å². The minimum Gasteiger partial charge on any atom is -0.392 e. The van der Waals surface area contributed by atoms with Crippen molar-refractivity contribution < 1.29 is 5.11 Å². The second kappa shape index (κ2) is 4.09. The maximum absolute atomic E-state index is 8.81. The molecule has 1 atom stereocenters. The first-order valence-electron chi connectivity index (χ1n) is 2.26. The molecule has 1 unspecified atom stereocenters. The predicted molar refractivity (Wildman–Crippen MR) is 41.6 cm³/mol. The molecule has 0 saturated heterocycles. The first-order chi connectivity index (χ1) is 3.95. The number of aliphatic hydroxyl groups excluding tert-OH is 1. The Labute approximate surface area is 73.8 Å². The first-order valence-corrected chi connectivity index (χ1v) is 3.93. The fourth-order valence-corrected chi connectivity index (χ4v) is 0.965. The van der Waals surface area contributed by atoms with Crippen molar-refractivity contribution in [3.8, 4) is 0 Å². The van der Waals surface area contributed by atoms with Crippen molar-refractivity contribution in [3.63, 3.8) is 0 Å². The van der Waals surface area contributed by atoms with Crippen LogP contribution in [0.1, 0.15) is 6.42 Å². The molecule has 5 heteroatoms. The monoisotopic (exact) mass is 210 g/mol. The lowest BCUT2D eigenvalue weighted by molar-refractivity contribution is 0.189. The summed E-state index contributed by atoms with van der Waals surface area (Å²) >= 11 is 21.2. The second-order valence-corrected chi connectivity index (χ2v) is 4.45. The maximum Gasteiger partial charge on any atom is 0.193 e. The Balaban J connectivity index is 3.47. The van der Waals surface area contributed by atoms with Gasteiger partial charge in [0.25, 0.3) is 0 Å². The Morgan fingerprint density at radius 3 is 1.89 bits per heavy atom. The summed E-state index contributed by atoms with van der Waals surface area (Å²) in [5, 5.41) is 8.81. The quantitative estimate of drug-likeness (QED) is 0.696. The van der Waals surface area contributed by atoms with Crippen molar-refractivity contribution in [2.45, 2.75) is 16.3 Å². The number of halogens is 4. The van der Waals surface area contributed by atoms with Crippen LogP contribution in [0.3, 0.4) is 0 Å². The van der Waals surface area contributed by atoms with Crippen LogP contribution in [0, 0.1) is 0 Å². The third-order valence-corrected chi connectivity index (χ3v) is 1.46. The van der Waals surface area contributed by atoms with Crippen LogP contribution in [-0.4, -0.2) is 20.9 Å². The van der Waals surface area contributed by atoms with E-state index in [1.807, 2.05) is 0 Å². The molecule has 0 amide bonds. The Morgan fingerprint density at radius 2 is 1.78 bits per heavy atom. The lowest BCUT2D eigenvalue weighted by Gasteiger charge is -2.13. The van der Waals surface area contributed by atoms with Gasteiger partial charge in [-0.05, 0) is 0 Å². The number of hydrogen-bond acceptors (Lipinski definition) is 1. The molecule has 0 aliphatic heterocycles. The van der Waals surface area contributed by atoms with Crippen molar-refractivity contribution >= 4 is 46.4 Å². The van der Waals surface area contributed by atoms with Gasteiger partial charge in [-0.3, -0.25) is 0 Å². The summed E-state index contributed by atoms with van der Waals surface area (Å²) in [6.07, 6.45) is -0.666. The average Bonchev–Trinajstić information content (AvgIpc) is 1.62. The molecule has 1 N–H and O–H groups in total. The zero-order valence-electron chi connectivity index (χ0n) is 4.45. The Hall–Kier alpha value is 1.12. The summed E-state index contributed by atoms with van der Waals surface area (Å²) in [6.45, 7) is 0. The van der Waals surface area contributed by atoms with E-state index < -0.39 is 9.90 Å². The fourth-order valence-electron chi connectivity index (χ4n) is 0.322. The van der Waals surface area contributed by atoms with E-state index in [9.17, 15) is 0 Å². The fraction of sp³-hybridized carbons (Fsp3) is 1.00. The van der Waals surface area contributed by atoms with Gasteiger partial charge in [-0.1, -0.05) is 34.8 Å². The lowest BCUT2D eigenvalue weighted by Crippen LogP contribution is -2.17. The molecule has 0 bridgehead atoms. The Kier molecular flexibility index (Phi) is 4.60. The SMILES string of the molecule is OC(CCl)CC(Cl)(Cl)Cl. The van der Waals surface area contributed by atoms with Gasteiger partial charge in [-0.25, -0.2) is 0 Å². The van der Waals surface area contributed by atoms with E-state index in [0.717, 1.165) is 0 Å². The molecule has 0 aromatic rings. The minimum atomic E-state index is -1.39. The van der Waals surface area contributed by atoms with Crippen molar-refractivity contribution in [1.29, 1.82) is 0 Å². The van der Waals surface area contributed by atoms with Crippen LogP contribution in [0.5, 0.6) is 0 Å². The lowest BCUT2D eigenvalue weighted by atomic mass is 10.3. The van der Waals surface area contributed by atoms with E-state index >= 15 is 0 Å². The summed E-state index contributed by atoms with van der Waals surface area (Å²) in [5.41, 5.74) is 0. The van der Waals surface area contributed by atoms with Gasteiger partial charge < -0.3 is 5.11 Å². The Bertz CT molecular complexity index is 79.1. The van der Waals surface area contributed by atoms with Gasteiger partial charge in [0.1, 0.15) is 0 Å². The minimum absolute atomic E-state index is 0.0706. The second-order valence-electron chi connectivity index (χ2n) is 1.63. The summed E-state index contributed by atoms with van der Waals surface area (Å²) in [5.74, 6) is 0.0912. The van der Waals surface area contributed by atoms with Gasteiger partial charge >= 0.3 is 0 Å². The molecule has 0 heterocycles. The van der Waals surface area contributed by atoms with E-state index in [1.165, 1.54) is 0 Å². The highest BCUT2D eigenvalue weighted by Crippen LogP contribution is 2.31. The molecular formula is C4H6Cl4O. The molecule has 0 rings (SSSR count). The number of aliphatic hydroxyl groups is 1. The van der Waals surface area contributed by atoms with E-state index in [0.29, 0.717) is 0 Å². The van der Waals surface area contributed by atoms with Crippen LogP contribution in [-0.2, 0) is 0 Å². The molecule has 9 heavy (non-hydrogen) atoms. The summed E-state index contributed by atoms with van der Waals surface area (Å²) in [7, 11) is 0. The molecule has 0 aromatic heterocycles. The van der Waals surface area contributed by atoms with Crippen LogP contribution in [0.25, 0.3) is 0 Å². The molecule has 0 radical (unpaired) electrons. The van der Waals surface area contributed by atoms with Crippen molar-refractivity contribution in [2.24, 2.45) is 0 Å². The third-order valence-electron chi connectivity index (χ3n) is 0.645. The molecule has 0 aromatic carbocycles. The predicted octanol–water partition coefficient (Wildman–Crippen LogP) is 2.35. The average molecular weight is 212 g/mol. The normalized spacial score (nSPS) is 15.7. The summed E-state index contributed by atoms with van der Waals surface area (Å²) in [4.78, 5) is 0. The van der Waals surface area contributed by atoms with E-state index in [2.05, 4.69) is 0 Å². The highest BCUT2D eigenvalue weighted by atomic mass is 35.6. The van der Waals surface area contributed by atoms with Gasteiger partial charge in [0.05, 0.1) is 6.10 Å². The van der Waals surface area contributed by atoms with Crippen molar-refractivity contribution in [1.82, 2.24) is 0 Å². The topological polar surface area (TPSA) is 20.2 Å². The third kappa shape index (κ3) is 7.01. The van der Waals surface area contributed by atoms with E-state index in [1.54, 1.807) is 0 Å². The number of hydrogen-bond donors (Lipinski definition) is 1. The van der Waals surface area contributed by atoms with E-state index in [4.69, 9.17) is 51.5 Å². The molecule has 0 fully saturated rings. The zero-order chi connectivity index (χ0) is 7.49. The molecule has 56 valence electrons. The largest absolute Gasteiger partial charge is 0.392 e. The van der Waals surface area contributed by atoms with Crippen LogP contribution < -0.4 is 0 Å². The summed E-state index contributed by atoms with van der Waals surface area (Å²) < 4.78 is -1.39. The van der Waals surface area contributed by atoms with Crippen LogP contribution >= 0.6 is 46.4 Å². The molecule has 1 nitrogen and oxygen atoms in total. The zero-order valence-corrected chi connectivity index (χ0v) is 7.47. The smallest absolute Gasteiger partial charge is 0.193 e. The van der Waals surface area contributed by atoms with Crippen molar-refractivity contribution in [2.75, 3.05) is 5.88 Å². The standard InChI is InChI=1S/C4H6Cl4O/c5-2-3(9)1-4(6,7)8/h3,9H,1-2H2. The van der Waals surface area contributed by atoms with Crippen molar-refractivity contribution in [3.05, 3.63) is 0 Å². The number of alkyl halides is 4. The van der Waals surface area contributed by atoms with Gasteiger partial charge in [-0.15, -0.1) is 11.6 Å². The number of rotatable bonds is 2. The highest BCUT2D eigenvalue weighted by Gasteiger charge is 2.23. The maximum atomic E-state index is 8.81. The molecule has 0 aliphatic rings. The van der Waals surface area contributed by atoms with Gasteiger partial charge in [0.15, 0.2) is 3.79 Å².